The Kier molecular flexibility index (Phi) is 4.62. The zero-order valence-electron chi connectivity index (χ0n) is 15.1. The monoisotopic (exact) mass is 363 g/mol. The molecule has 1 saturated heterocycles. The number of oxazole rings is 1. The predicted octanol–water partition coefficient (Wildman–Crippen LogP) is 3.81. The molecule has 1 atom stereocenters. The number of piperidine rings is 1. The molecule has 6 nitrogen and oxygen atoms in total. The van der Waals surface area contributed by atoms with Crippen LogP contribution in [0, 0.1) is 0 Å². The Balaban J connectivity index is 1.48. The summed E-state index contributed by atoms with van der Waals surface area (Å²) >= 11 is 0. The van der Waals surface area contributed by atoms with Crippen LogP contribution in [-0.2, 0) is 4.79 Å². The number of fused-ring (bicyclic) bond motifs is 1. The van der Waals surface area contributed by atoms with E-state index >= 15 is 0 Å². The molecule has 1 aromatic heterocycles. The van der Waals surface area contributed by atoms with E-state index in [2.05, 4.69) is 10.3 Å². The number of likely N-dealkylation sites (tertiary alicyclic amines) is 1. The van der Waals surface area contributed by atoms with Gasteiger partial charge in [-0.1, -0.05) is 12.1 Å². The molecule has 138 valence electrons. The van der Waals surface area contributed by atoms with Crippen LogP contribution in [0.3, 0.4) is 0 Å². The van der Waals surface area contributed by atoms with Gasteiger partial charge in [-0.3, -0.25) is 9.59 Å². The second kappa shape index (κ2) is 7.23. The van der Waals surface area contributed by atoms with Crippen LogP contribution in [0.4, 0.5) is 5.69 Å². The number of aromatic nitrogens is 1. The van der Waals surface area contributed by atoms with Crippen molar-refractivity contribution in [2.24, 2.45) is 0 Å². The molecule has 2 amide bonds. The van der Waals surface area contributed by atoms with Crippen LogP contribution in [0.25, 0.3) is 11.1 Å². The Morgan fingerprint density at radius 3 is 2.67 bits per heavy atom. The Labute approximate surface area is 157 Å². The van der Waals surface area contributed by atoms with Crippen molar-refractivity contribution in [1.29, 1.82) is 0 Å². The average molecular weight is 363 g/mol. The second-order valence-corrected chi connectivity index (χ2v) is 6.87. The molecule has 27 heavy (non-hydrogen) atoms. The molecule has 0 spiro atoms. The topological polar surface area (TPSA) is 75.4 Å². The van der Waals surface area contributed by atoms with Gasteiger partial charge in [0.05, 0.1) is 5.92 Å². The first kappa shape index (κ1) is 17.3. The number of hydrogen-bond donors (Lipinski definition) is 1. The first-order valence-electron chi connectivity index (χ1n) is 9.12. The molecule has 1 aliphatic heterocycles. The Bertz CT molecular complexity index is 945. The van der Waals surface area contributed by atoms with Crippen LogP contribution < -0.4 is 5.32 Å². The third kappa shape index (κ3) is 3.69. The van der Waals surface area contributed by atoms with Crippen molar-refractivity contribution in [3.8, 4) is 0 Å². The van der Waals surface area contributed by atoms with Gasteiger partial charge in [-0.2, -0.15) is 0 Å². The summed E-state index contributed by atoms with van der Waals surface area (Å²) in [5.74, 6) is 0.667. The summed E-state index contributed by atoms with van der Waals surface area (Å²) in [6.45, 7) is 2.78. The smallest absolute Gasteiger partial charge is 0.253 e. The maximum atomic E-state index is 12.9. The van der Waals surface area contributed by atoms with E-state index in [9.17, 15) is 9.59 Å². The van der Waals surface area contributed by atoms with Crippen molar-refractivity contribution in [3.63, 3.8) is 0 Å². The Morgan fingerprint density at radius 1 is 1.15 bits per heavy atom. The van der Waals surface area contributed by atoms with Crippen LogP contribution >= 0.6 is 0 Å². The van der Waals surface area contributed by atoms with Crippen molar-refractivity contribution in [2.75, 3.05) is 18.4 Å². The van der Waals surface area contributed by atoms with Crippen LogP contribution in [0.1, 0.15) is 41.9 Å². The van der Waals surface area contributed by atoms with Crippen molar-refractivity contribution in [3.05, 3.63) is 60.0 Å². The fraction of sp³-hybridized carbons (Fsp3) is 0.286. The van der Waals surface area contributed by atoms with Crippen LogP contribution in [0.2, 0.25) is 0 Å². The largest absolute Gasteiger partial charge is 0.440 e. The molecule has 0 bridgehead atoms. The normalized spacial score (nSPS) is 17.1. The summed E-state index contributed by atoms with van der Waals surface area (Å²) in [6.07, 6.45) is 1.87. The maximum Gasteiger partial charge on any atom is 0.253 e. The zero-order valence-corrected chi connectivity index (χ0v) is 15.1. The lowest BCUT2D eigenvalue weighted by molar-refractivity contribution is -0.114. The van der Waals surface area contributed by atoms with Crippen LogP contribution in [0.15, 0.2) is 52.9 Å². The van der Waals surface area contributed by atoms with E-state index in [0.717, 1.165) is 30.5 Å². The van der Waals surface area contributed by atoms with Crippen LogP contribution in [-0.4, -0.2) is 34.8 Å². The third-order valence-electron chi connectivity index (χ3n) is 4.82. The van der Waals surface area contributed by atoms with Crippen molar-refractivity contribution < 1.29 is 14.0 Å². The summed E-state index contributed by atoms with van der Waals surface area (Å²) in [7, 11) is 0. The highest BCUT2D eigenvalue weighted by Crippen LogP contribution is 2.29. The number of para-hydroxylation sites is 2. The van der Waals surface area contributed by atoms with E-state index in [1.54, 1.807) is 24.3 Å². The number of nitrogens with one attached hydrogen (secondary N) is 1. The minimum absolute atomic E-state index is 0.00909. The Morgan fingerprint density at radius 2 is 1.93 bits per heavy atom. The van der Waals surface area contributed by atoms with Gasteiger partial charge in [0, 0.05) is 31.3 Å². The lowest BCUT2D eigenvalue weighted by Crippen LogP contribution is -2.39. The molecule has 3 aromatic rings. The maximum absolute atomic E-state index is 12.9. The molecule has 0 saturated carbocycles. The number of rotatable bonds is 3. The van der Waals surface area contributed by atoms with Crippen molar-refractivity contribution in [1.82, 2.24) is 9.88 Å². The standard InChI is InChI=1S/C21H21N3O3/c1-14(25)22-17-10-8-15(9-11-17)21(26)24-12-4-5-16(13-24)20-23-18-6-2-3-7-19(18)27-20/h2-3,6-11,16H,4-5,12-13H2,1H3,(H,22,25)/t16-/m1/s1. The molecule has 6 heteroatoms. The molecule has 2 aromatic carbocycles. The van der Waals surface area contributed by atoms with Gasteiger partial charge in [-0.25, -0.2) is 4.98 Å². The first-order valence-corrected chi connectivity index (χ1v) is 9.12. The molecule has 0 radical (unpaired) electrons. The lowest BCUT2D eigenvalue weighted by atomic mass is 9.97. The van der Waals surface area contributed by atoms with Gasteiger partial charge < -0.3 is 14.6 Å². The van der Waals surface area contributed by atoms with Gasteiger partial charge >= 0.3 is 0 Å². The summed E-state index contributed by atoms with van der Waals surface area (Å²) < 4.78 is 5.90. The lowest BCUT2D eigenvalue weighted by Gasteiger charge is -2.31. The predicted molar refractivity (Wildman–Crippen MR) is 103 cm³/mol. The molecule has 0 aliphatic carbocycles. The van der Waals surface area contributed by atoms with Gasteiger partial charge in [-0.05, 0) is 49.2 Å². The summed E-state index contributed by atoms with van der Waals surface area (Å²) in [5.41, 5.74) is 2.93. The third-order valence-corrected chi connectivity index (χ3v) is 4.82. The molecule has 1 aliphatic rings. The van der Waals surface area contributed by atoms with E-state index < -0.39 is 0 Å². The number of nitrogens with zero attached hydrogens (tertiary/aromatic N) is 2. The molecule has 1 N–H and O–H groups in total. The highest BCUT2D eigenvalue weighted by molar-refractivity contribution is 5.95. The quantitative estimate of drug-likeness (QED) is 0.768. The summed E-state index contributed by atoms with van der Waals surface area (Å²) in [4.78, 5) is 30.4. The van der Waals surface area contributed by atoms with Gasteiger partial charge in [0.25, 0.3) is 5.91 Å². The highest BCUT2D eigenvalue weighted by Gasteiger charge is 2.28. The van der Waals surface area contributed by atoms with Crippen LogP contribution in [0.5, 0.6) is 0 Å². The molecule has 1 fully saturated rings. The SMILES string of the molecule is CC(=O)Nc1ccc(C(=O)N2CCC[C@@H](c3nc4ccccc4o3)C2)cc1. The number of carbonyl (C=O) groups excluding carboxylic acids is 2. The van der Waals surface area contributed by atoms with Gasteiger partial charge in [-0.15, -0.1) is 0 Å². The zero-order chi connectivity index (χ0) is 18.8. The average Bonchev–Trinajstić information content (AvgIpc) is 3.12. The molecular formula is C21H21N3O3. The number of anilines is 1. The number of hydrogen-bond acceptors (Lipinski definition) is 4. The summed E-state index contributed by atoms with van der Waals surface area (Å²) in [5, 5.41) is 2.71. The van der Waals surface area contributed by atoms with Gasteiger partial charge in [0.1, 0.15) is 5.52 Å². The van der Waals surface area contributed by atoms with E-state index in [1.807, 2.05) is 29.2 Å². The fourth-order valence-electron chi connectivity index (χ4n) is 3.51. The fourth-order valence-corrected chi connectivity index (χ4v) is 3.51. The van der Waals surface area contributed by atoms with E-state index in [4.69, 9.17) is 4.42 Å². The first-order chi connectivity index (χ1) is 13.1. The van der Waals surface area contributed by atoms with Crippen molar-refractivity contribution >= 4 is 28.6 Å². The minimum Gasteiger partial charge on any atom is -0.440 e. The molecule has 4 rings (SSSR count). The van der Waals surface area contributed by atoms with E-state index in [-0.39, 0.29) is 17.7 Å². The number of amides is 2. The highest BCUT2D eigenvalue weighted by atomic mass is 16.3. The second-order valence-electron chi connectivity index (χ2n) is 6.87. The van der Waals surface area contributed by atoms with Gasteiger partial charge in [0.15, 0.2) is 11.5 Å². The Hall–Kier alpha value is -3.15. The molecule has 2 heterocycles. The number of carbonyl (C=O) groups is 2. The van der Waals surface area contributed by atoms with E-state index in [1.165, 1.54) is 6.92 Å². The minimum atomic E-state index is -0.133. The summed E-state index contributed by atoms with van der Waals surface area (Å²) in [6, 6.07) is 14.7. The van der Waals surface area contributed by atoms with Crippen molar-refractivity contribution in [2.45, 2.75) is 25.7 Å². The number of benzene rings is 2. The molecule has 0 unspecified atom stereocenters. The van der Waals surface area contributed by atoms with E-state index in [0.29, 0.717) is 23.7 Å². The molecular weight excluding hydrogens is 342 g/mol. The van der Waals surface area contributed by atoms with Gasteiger partial charge in [0.2, 0.25) is 5.91 Å².